The number of ether oxygens (including phenoxy) is 5. The molecule has 2 heterocycles. The van der Waals surface area contributed by atoms with Crippen molar-refractivity contribution in [1.29, 1.82) is 0 Å². The highest BCUT2D eigenvalue weighted by molar-refractivity contribution is 6.69. The summed E-state index contributed by atoms with van der Waals surface area (Å²) < 4.78 is 34.6. The topological polar surface area (TPSA) is 188 Å². The van der Waals surface area contributed by atoms with E-state index < -0.39 is 73.8 Å². The summed E-state index contributed by atoms with van der Waals surface area (Å²) in [6.45, 7) is 11.5. The van der Waals surface area contributed by atoms with Crippen LogP contribution in [0, 0.1) is 6.92 Å². The van der Waals surface area contributed by atoms with Crippen molar-refractivity contribution in [1.82, 2.24) is 15.5 Å². The Morgan fingerprint density at radius 1 is 0.982 bits per heavy atom. The number of aryl methyl sites for hydroxylation is 1. The van der Waals surface area contributed by atoms with E-state index in [9.17, 15) is 28.8 Å². The summed E-state index contributed by atoms with van der Waals surface area (Å²) in [5.74, 6) is -3.39. The summed E-state index contributed by atoms with van der Waals surface area (Å²) in [5.41, 5.74) is 0.137. The summed E-state index contributed by atoms with van der Waals surface area (Å²) in [4.78, 5) is 80.8. The molecule has 57 heavy (non-hydrogen) atoms. The molecule has 2 N–H and O–H groups in total. The van der Waals surface area contributed by atoms with Crippen LogP contribution < -0.4 is 15.4 Å². The molecule has 0 spiro atoms. The van der Waals surface area contributed by atoms with Gasteiger partial charge in [-0.3, -0.25) is 24.1 Å². The highest BCUT2D eigenvalue weighted by Crippen LogP contribution is 2.35. The Morgan fingerprint density at radius 3 is 2.30 bits per heavy atom. The predicted octanol–water partition coefficient (Wildman–Crippen LogP) is 4.35. The van der Waals surface area contributed by atoms with E-state index in [1.54, 1.807) is 25.1 Å². The highest BCUT2D eigenvalue weighted by atomic mass is 28.4. The predicted molar refractivity (Wildman–Crippen MR) is 210 cm³/mol. The molecule has 304 valence electrons. The molecule has 0 aliphatic carbocycles. The number of hydrogen-bond donors (Lipinski definition) is 2. The Kier molecular flexibility index (Phi) is 13.2. The van der Waals surface area contributed by atoms with Crippen LogP contribution in [0.5, 0.6) is 5.75 Å². The fraction of sp³-hybridized carbons (Fsp3) is 0.415. The first kappa shape index (κ1) is 42.6. The van der Waals surface area contributed by atoms with E-state index in [4.69, 9.17) is 28.1 Å². The number of ketones is 1. The summed E-state index contributed by atoms with van der Waals surface area (Å²) in [7, 11) is -0.995. The molecular formula is C41H49N3O12Si. The summed E-state index contributed by atoms with van der Waals surface area (Å²) in [5, 5.41) is 6.31. The Labute approximate surface area is 332 Å². The molecule has 3 amide bonds. The van der Waals surface area contributed by atoms with Gasteiger partial charge in [-0.1, -0.05) is 48.5 Å². The number of amides is 3. The zero-order chi connectivity index (χ0) is 41.7. The van der Waals surface area contributed by atoms with Gasteiger partial charge in [-0.05, 0) is 80.5 Å². The van der Waals surface area contributed by atoms with Gasteiger partial charge >= 0.3 is 18.0 Å². The van der Waals surface area contributed by atoms with Gasteiger partial charge in [0.1, 0.15) is 41.6 Å². The Hall–Kier alpha value is -5.58. The second kappa shape index (κ2) is 17.7. The van der Waals surface area contributed by atoms with Crippen molar-refractivity contribution in [2.75, 3.05) is 26.8 Å². The lowest BCUT2D eigenvalue weighted by Crippen LogP contribution is -2.49. The maximum Gasteiger partial charge on any atom is 0.410 e. The molecule has 15 nitrogen and oxygen atoms in total. The first-order valence-corrected chi connectivity index (χ1v) is 21.8. The van der Waals surface area contributed by atoms with Crippen LogP contribution in [0.4, 0.5) is 4.79 Å². The SMILES string of the molecule is COc1cc(C(=O)O[C@H](C(=O)N/C(=C/[C@@H](OC(C)=O)[C@H](O[Si](C)(C)C)[C@@H]2CN2C(=O)OCc2ccccc2)C(=O)NCC(C)=O)[C@]2(C)CO2)c2cccc(C)c2c1. The quantitative estimate of drug-likeness (QED) is 0.0647. The van der Waals surface area contributed by atoms with Crippen molar-refractivity contribution in [3.8, 4) is 5.75 Å². The maximum atomic E-state index is 14.2. The molecular weight excluding hydrogens is 755 g/mol. The Bertz CT molecular complexity index is 2060. The third-order valence-electron chi connectivity index (χ3n) is 9.18. The van der Waals surface area contributed by atoms with Gasteiger partial charge in [0.05, 0.1) is 31.9 Å². The highest BCUT2D eigenvalue weighted by Gasteiger charge is 2.54. The van der Waals surface area contributed by atoms with Crippen molar-refractivity contribution >= 4 is 54.7 Å². The van der Waals surface area contributed by atoms with Crippen LogP contribution in [0.1, 0.15) is 42.3 Å². The number of nitrogens with zero attached hydrogens (tertiary/aromatic N) is 1. The fourth-order valence-corrected chi connectivity index (χ4v) is 7.24. The van der Waals surface area contributed by atoms with E-state index in [0.29, 0.717) is 11.1 Å². The second-order valence-corrected chi connectivity index (χ2v) is 19.7. The number of Topliss-reactive ketones (excluding diaryl/α,β-unsaturated/α-hetero) is 1. The number of esters is 2. The molecule has 0 bridgehead atoms. The van der Waals surface area contributed by atoms with E-state index in [2.05, 4.69) is 10.6 Å². The van der Waals surface area contributed by atoms with Gasteiger partial charge in [-0.2, -0.15) is 0 Å². The van der Waals surface area contributed by atoms with Crippen LogP contribution in [0.15, 0.2) is 72.4 Å². The van der Waals surface area contributed by atoms with E-state index in [1.165, 1.54) is 38.0 Å². The van der Waals surface area contributed by atoms with Crippen molar-refractivity contribution in [3.05, 3.63) is 89.1 Å². The maximum absolute atomic E-state index is 14.2. The fourth-order valence-electron chi connectivity index (χ4n) is 6.13. The Balaban J connectivity index is 1.46. The molecule has 2 saturated heterocycles. The smallest absolute Gasteiger partial charge is 0.410 e. The molecule has 0 unspecified atom stereocenters. The van der Waals surface area contributed by atoms with Gasteiger partial charge in [-0.25, -0.2) is 9.59 Å². The molecule has 16 heteroatoms. The molecule has 0 saturated carbocycles. The molecule has 2 fully saturated rings. The molecule has 2 aliphatic rings. The van der Waals surface area contributed by atoms with E-state index >= 15 is 0 Å². The minimum absolute atomic E-state index is 0.0320. The number of rotatable bonds is 17. The van der Waals surface area contributed by atoms with Crippen molar-refractivity contribution < 1.29 is 56.9 Å². The third kappa shape index (κ3) is 11.3. The third-order valence-corrected chi connectivity index (χ3v) is 10.2. The zero-order valence-electron chi connectivity index (χ0n) is 33.3. The molecule has 5 atom stereocenters. The molecule has 0 radical (unpaired) electrons. The van der Waals surface area contributed by atoms with Crippen LogP contribution >= 0.6 is 0 Å². The number of carbonyl (C=O) groups is 6. The van der Waals surface area contributed by atoms with Gasteiger partial charge in [-0.15, -0.1) is 0 Å². The number of methoxy groups -OCH3 is 1. The summed E-state index contributed by atoms with van der Waals surface area (Å²) in [6, 6.07) is 17.2. The normalized spacial score (nSPS) is 19.1. The van der Waals surface area contributed by atoms with Gasteiger partial charge in [0.2, 0.25) is 6.10 Å². The largest absolute Gasteiger partial charge is 0.497 e. The van der Waals surface area contributed by atoms with Crippen LogP contribution in [0.3, 0.4) is 0 Å². The van der Waals surface area contributed by atoms with Crippen molar-refractivity contribution in [3.63, 3.8) is 0 Å². The second-order valence-electron chi connectivity index (χ2n) is 15.2. The van der Waals surface area contributed by atoms with Gasteiger partial charge in [0, 0.05) is 13.5 Å². The van der Waals surface area contributed by atoms with Crippen LogP contribution in [-0.4, -0.2) is 106 Å². The molecule has 3 aromatic rings. The van der Waals surface area contributed by atoms with Crippen LogP contribution in [-0.2, 0) is 49.2 Å². The standard InChI is InChI=1S/C41H49N3O12Si/c1-24-13-12-16-29-30(24)17-28(51-5)18-31(29)39(49)55-36(41(4)23-53-41)38(48)43-32(37(47)42-20-25(2)45)19-34(54-26(3)46)35(56-57(6,7)8)33-21-44(33)40(50)52-22-27-14-10-9-11-15-27/h9-19,33-36H,20-23H2,1-8H3,(H,42,47)(H,43,48)/b32-19+/t33-,34+,35+,36+,41-,44?/m0/s1. The van der Waals surface area contributed by atoms with Crippen molar-refractivity contribution in [2.24, 2.45) is 0 Å². The minimum Gasteiger partial charge on any atom is -0.497 e. The average molecular weight is 804 g/mol. The number of hydrogen-bond acceptors (Lipinski definition) is 12. The number of nitrogens with one attached hydrogen (secondary N) is 2. The first-order chi connectivity index (χ1) is 26.9. The first-order valence-electron chi connectivity index (χ1n) is 18.4. The monoisotopic (exact) mass is 803 g/mol. The van der Waals surface area contributed by atoms with E-state index in [1.807, 2.05) is 63.0 Å². The molecule has 3 aromatic carbocycles. The van der Waals surface area contributed by atoms with Crippen LogP contribution in [0.2, 0.25) is 19.6 Å². The molecule has 2 aliphatic heterocycles. The van der Waals surface area contributed by atoms with Gasteiger partial charge in [0.25, 0.3) is 11.8 Å². The summed E-state index contributed by atoms with van der Waals surface area (Å²) in [6.07, 6.45) is -3.32. The lowest BCUT2D eigenvalue weighted by molar-refractivity contribution is -0.148. The number of benzene rings is 3. The lowest BCUT2D eigenvalue weighted by atomic mass is 9.99. The molecule has 5 rings (SSSR count). The number of epoxide rings is 1. The Morgan fingerprint density at radius 2 is 1.68 bits per heavy atom. The number of fused-ring (bicyclic) bond motifs is 1. The molecule has 0 aromatic heterocycles. The minimum atomic E-state index is -2.46. The van der Waals surface area contributed by atoms with Gasteiger partial charge in [0.15, 0.2) is 8.32 Å². The lowest BCUT2D eigenvalue weighted by Gasteiger charge is -2.31. The van der Waals surface area contributed by atoms with E-state index in [-0.39, 0.29) is 37.6 Å². The van der Waals surface area contributed by atoms with E-state index in [0.717, 1.165) is 16.5 Å². The number of carbonyl (C=O) groups excluding carboxylic acids is 6. The van der Waals surface area contributed by atoms with Gasteiger partial charge < -0.3 is 38.7 Å². The van der Waals surface area contributed by atoms with Crippen molar-refractivity contribution in [2.45, 2.75) is 83.9 Å². The summed E-state index contributed by atoms with van der Waals surface area (Å²) >= 11 is 0. The average Bonchev–Trinajstić information content (AvgIpc) is 4.10. The van der Waals surface area contributed by atoms with Crippen LogP contribution in [0.25, 0.3) is 10.8 Å². The zero-order valence-corrected chi connectivity index (χ0v) is 34.3.